The molecule has 1 amide bonds. The standard InChI is InChI=1S/C16H14F3N3O2/c1-24-15(21-10-13-7-2-3-8-20-13)22-14(23)11-5-4-6-12(9-11)16(17,18)19/h2-9H,10H2,1H3,(H,21,22,23). The fraction of sp³-hybridized carbons (Fsp3) is 0.188. The molecular formula is C16H14F3N3O2. The maximum absolute atomic E-state index is 12.7. The number of ether oxygens (including phenoxy) is 1. The van der Waals surface area contributed by atoms with Gasteiger partial charge in [-0.25, -0.2) is 4.99 Å². The van der Waals surface area contributed by atoms with Crippen molar-refractivity contribution in [1.82, 2.24) is 10.3 Å². The number of amidine groups is 1. The van der Waals surface area contributed by atoms with Gasteiger partial charge in [-0.15, -0.1) is 0 Å². The van der Waals surface area contributed by atoms with Crippen molar-refractivity contribution in [2.24, 2.45) is 4.99 Å². The predicted molar refractivity (Wildman–Crippen MR) is 81.3 cm³/mol. The van der Waals surface area contributed by atoms with Gasteiger partial charge in [-0.2, -0.15) is 13.2 Å². The van der Waals surface area contributed by atoms with Crippen LogP contribution in [0.1, 0.15) is 21.6 Å². The van der Waals surface area contributed by atoms with Crippen molar-refractivity contribution in [3.05, 3.63) is 65.5 Å². The van der Waals surface area contributed by atoms with E-state index in [0.29, 0.717) is 5.69 Å². The summed E-state index contributed by atoms with van der Waals surface area (Å²) < 4.78 is 43.0. The van der Waals surface area contributed by atoms with E-state index in [1.165, 1.54) is 13.2 Å². The van der Waals surface area contributed by atoms with Gasteiger partial charge in [0, 0.05) is 11.8 Å². The minimum absolute atomic E-state index is 0.108. The van der Waals surface area contributed by atoms with Crippen LogP contribution in [0, 0.1) is 0 Å². The van der Waals surface area contributed by atoms with Crippen LogP contribution >= 0.6 is 0 Å². The zero-order valence-electron chi connectivity index (χ0n) is 12.7. The predicted octanol–water partition coefficient (Wildman–Crippen LogP) is 3.03. The molecule has 0 aliphatic heterocycles. The van der Waals surface area contributed by atoms with Gasteiger partial charge in [-0.1, -0.05) is 12.1 Å². The fourth-order valence-electron chi connectivity index (χ4n) is 1.81. The van der Waals surface area contributed by atoms with Crippen LogP contribution in [0.15, 0.2) is 53.7 Å². The van der Waals surface area contributed by atoms with E-state index in [1.807, 2.05) is 0 Å². The number of hydrogen-bond acceptors (Lipinski definition) is 4. The van der Waals surface area contributed by atoms with Gasteiger partial charge < -0.3 is 4.74 Å². The molecule has 126 valence electrons. The van der Waals surface area contributed by atoms with E-state index < -0.39 is 17.6 Å². The third kappa shape index (κ3) is 4.80. The molecule has 0 saturated carbocycles. The highest BCUT2D eigenvalue weighted by Gasteiger charge is 2.30. The summed E-state index contributed by atoms with van der Waals surface area (Å²) in [6.45, 7) is 0.160. The number of alkyl halides is 3. The summed E-state index contributed by atoms with van der Waals surface area (Å²) in [5.74, 6) is -0.747. The molecule has 0 atom stereocenters. The number of rotatable bonds is 3. The van der Waals surface area contributed by atoms with E-state index in [4.69, 9.17) is 4.74 Å². The maximum atomic E-state index is 12.7. The fourth-order valence-corrected chi connectivity index (χ4v) is 1.81. The number of carbonyl (C=O) groups excluding carboxylic acids is 1. The number of hydrogen-bond donors (Lipinski definition) is 1. The van der Waals surface area contributed by atoms with Gasteiger partial charge in [0.2, 0.25) is 0 Å². The molecule has 1 aromatic carbocycles. The number of aromatic nitrogens is 1. The van der Waals surface area contributed by atoms with E-state index >= 15 is 0 Å². The highest BCUT2D eigenvalue weighted by molar-refractivity contribution is 6.04. The smallest absolute Gasteiger partial charge is 0.416 e. The van der Waals surface area contributed by atoms with Crippen LogP contribution in [0.3, 0.4) is 0 Å². The van der Waals surface area contributed by atoms with Gasteiger partial charge in [0.15, 0.2) is 0 Å². The Morgan fingerprint density at radius 3 is 2.67 bits per heavy atom. The monoisotopic (exact) mass is 337 g/mol. The zero-order valence-corrected chi connectivity index (χ0v) is 12.7. The summed E-state index contributed by atoms with van der Waals surface area (Å²) in [6.07, 6.45) is -2.92. The lowest BCUT2D eigenvalue weighted by molar-refractivity contribution is -0.137. The Morgan fingerprint density at radius 2 is 2.04 bits per heavy atom. The number of benzene rings is 1. The number of amides is 1. The lowest BCUT2D eigenvalue weighted by Crippen LogP contribution is -2.32. The van der Waals surface area contributed by atoms with Crippen molar-refractivity contribution in [2.45, 2.75) is 12.7 Å². The Balaban J connectivity index is 2.09. The molecule has 2 aromatic rings. The van der Waals surface area contributed by atoms with Gasteiger partial charge in [0.05, 0.1) is 24.9 Å². The third-order valence-corrected chi connectivity index (χ3v) is 2.98. The first-order valence-corrected chi connectivity index (χ1v) is 6.87. The minimum atomic E-state index is -4.52. The molecule has 0 unspecified atom stereocenters. The van der Waals surface area contributed by atoms with Crippen molar-refractivity contribution in [2.75, 3.05) is 7.11 Å². The number of nitrogens with one attached hydrogen (secondary N) is 1. The van der Waals surface area contributed by atoms with Gasteiger partial charge in [0.25, 0.3) is 11.9 Å². The summed E-state index contributed by atoms with van der Waals surface area (Å²) in [4.78, 5) is 20.1. The van der Waals surface area contributed by atoms with Crippen LogP contribution in [-0.2, 0) is 17.5 Å². The molecule has 1 aromatic heterocycles. The lowest BCUT2D eigenvalue weighted by Gasteiger charge is -2.10. The molecule has 2 rings (SSSR count). The molecule has 8 heteroatoms. The van der Waals surface area contributed by atoms with Crippen molar-refractivity contribution in [3.8, 4) is 0 Å². The van der Waals surface area contributed by atoms with Crippen molar-refractivity contribution in [1.29, 1.82) is 0 Å². The minimum Gasteiger partial charge on any atom is -0.468 e. The van der Waals surface area contributed by atoms with Crippen molar-refractivity contribution in [3.63, 3.8) is 0 Å². The van der Waals surface area contributed by atoms with Crippen molar-refractivity contribution >= 4 is 11.9 Å². The largest absolute Gasteiger partial charge is 0.468 e. The number of carbonyl (C=O) groups is 1. The normalized spacial score (nSPS) is 11.9. The Labute approximate surface area is 136 Å². The van der Waals surface area contributed by atoms with E-state index in [1.54, 1.807) is 24.4 Å². The average molecular weight is 337 g/mol. The Hall–Kier alpha value is -2.90. The second kappa shape index (κ2) is 7.58. The summed E-state index contributed by atoms with van der Waals surface area (Å²) in [6, 6.07) is 9.26. The molecule has 24 heavy (non-hydrogen) atoms. The molecule has 0 aliphatic rings. The Bertz CT molecular complexity index is 731. The lowest BCUT2D eigenvalue weighted by atomic mass is 10.1. The topological polar surface area (TPSA) is 63.6 Å². The van der Waals surface area contributed by atoms with Gasteiger partial charge >= 0.3 is 6.18 Å². The van der Waals surface area contributed by atoms with Crippen molar-refractivity contribution < 1.29 is 22.7 Å². The number of aliphatic imine (C=N–C) groups is 1. The van der Waals surface area contributed by atoms with Gasteiger partial charge in [-0.3, -0.25) is 15.1 Å². The van der Waals surface area contributed by atoms with Crippen LogP contribution in [-0.4, -0.2) is 24.0 Å². The van der Waals surface area contributed by atoms with Crippen LogP contribution in [0.4, 0.5) is 13.2 Å². The summed E-state index contributed by atoms with van der Waals surface area (Å²) >= 11 is 0. The van der Waals surface area contributed by atoms with E-state index in [-0.39, 0.29) is 18.1 Å². The second-order valence-electron chi connectivity index (χ2n) is 4.68. The number of methoxy groups -OCH3 is 1. The van der Waals surface area contributed by atoms with Crippen LogP contribution in [0.2, 0.25) is 0 Å². The Kier molecular flexibility index (Phi) is 5.51. The average Bonchev–Trinajstić information content (AvgIpc) is 2.58. The molecule has 0 fully saturated rings. The number of pyridine rings is 1. The van der Waals surface area contributed by atoms with Gasteiger partial charge in [0.1, 0.15) is 0 Å². The van der Waals surface area contributed by atoms with E-state index in [0.717, 1.165) is 18.2 Å². The number of nitrogens with zero attached hydrogens (tertiary/aromatic N) is 2. The SMILES string of the molecule is COC(=NCc1ccccn1)NC(=O)c1cccc(C(F)(F)F)c1. The summed E-state index contributed by atoms with van der Waals surface area (Å²) in [7, 11) is 1.30. The molecule has 5 nitrogen and oxygen atoms in total. The van der Waals surface area contributed by atoms with Crippen LogP contribution in [0.5, 0.6) is 0 Å². The molecule has 1 heterocycles. The van der Waals surface area contributed by atoms with Crippen LogP contribution < -0.4 is 5.32 Å². The second-order valence-corrected chi connectivity index (χ2v) is 4.68. The molecule has 0 radical (unpaired) electrons. The highest BCUT2D eigenvalue weighted by Crippen LogP contribution is 2.29. The first kappa shape index (κ1) is 17.5. The molecule has 0 bridgehead atoms. The van der Waals surface area contributed by atoms with Gasteiger partial charge in [-0.05, 0) is 30.3 Å². The molecule has 1 N–H and O–H groups in total. The van der Waals surface area contributed by atoms with E-state index in [9.17, 15) is 18.0 Å². The van der Waals surface area contributed by atoms with E-state index in [2.05, 4.69) is 15.3 Å². The zero-order chi connectivity index (χ0) is 17.6. The maximum Gasteiger partial charge on any atom is 0.416 e. The number of halogens is 3. The molecule has 0 spiro atoms. The molecule has 0 aliphatic carbocycles. The first-order valence-electron chi connectivity index (χ1n) is 6.87. The quantitative estimate of drug-likeness (QED) is 0.692. The Morgan fingerprint density at radius 1 is 1.25 bits per heavy atom. The third-order valence-electron chi connectivity index (χ3n) is 2.98. The first-order chi connectivity index (χ1) is 11.4. The molecular weight excluding hydrogens is 323 g/mol. The highest BCUT2D eigenvalue weighted by atomic mass is 19.4. The summed E-state index contributed by atoms with van der Waals surface area (Å²) in [5, 5.41) is 2.33. The summed E-state index contributed by atoms with van der Waals surface area (Å²) in [5.41, 5.74) is -0.396. The molecule has 0 saturated heterocycles. The van der Waals surface area contributed by atoms with Crippen LogP contribution in [0.25, 0.3) is 0 Å².